The minimum Gasteiger partial charge on any atom is -0.347 e. The first-order valence-corrected chi connectivity index (χ1v) is 8.08. The molecule has 0 atom stereocenters. The van der Waals surface area contributed by atoms with Crippen LogP contribution in [0, 0.1) is 10.1 Å². The van der Waals surface area contributed by atoms with Gasteiger partial charge in [-0.15, -0.1) is 0 Å². The molecule has 0 saturated heterocycles. The average Bonchev–Trinajstić information content (AvgIpc) is 3.14. The third kappa shape index (κ3) is 3.35. The third-order valence-electron chi connectivity index (χ3n) is 3.58. The van der Waals surface area contributed by atoms with Crippen molar-refractivity contribution in [2.75, 3.05) is 6.54 Å². The number of thiophene rings is 1. The number of hydrogen-bond donors (Lipinski definition) is 1. The van der Waals surface area contributed by atoms with Crippen LogP contribution in [0.2, 0.25) is 0 Å². The summed E-state index contributed by atoms with van der Waals surface area (Å²) >= 11 is 1.18. The minimum atomic E-state index is -0.342. The van der Waals surface area contributed by atoms with Gasteiger partial charge in [0.15, 0.2) is 0 Å². The molecule has 0 unspecified atom stereocenters. The molecule has 3 rings (SSSR count). The molecular weight excluding hydrogens is 298 g/mol. The van der Waals surface area contributed by atoms with Gasteiger partial charge in [-0.25, -0.2) is 0 Å². The van der Waals surface area contributed by atoms with Crippen LogP contribution in [0.1, 0.15) is 12.0 Å². The smallest absolute Gasteiger partial charge is 0.324 e. The quantitative estimate of drug-likeness (QED) is 0.410. The molecule has 0 bridgehead atoms. The Kier molecular flexibility index (Phi) is 4.50. The van der Waals surface area contributed by atoms with E-state index in [0.29, 0.717) is 6.54 Å². The van der Waals surface area contributed by atoms with Crippen LogP contribution in [0.3, 0.4) is 0 Å². The Morgan fingerprint density at radius 3 is 2.95 bits per heavy atom. The second-order valence-electron chi connectivity index (χ2n) is 5.15. The van der Waals surface area contributed by atoms with E-state index in [9.17, 15) is 10.1 Å². The Balaban J connectivity index is 1.44. The molecule has 0 saturated carbocycles. The van der Waals surface area contributed by atoms with E-state index in [1.807, 2.05) is 11.4 Å². The Morgan fingerprint density at radius 1 is 1.27 bits per heavy atom. The Bertz CT molecular complexity index is 778. The SMILES string of the molecule is O=[N+]([O-])c1cc(CNCCCn2ccc3ccccc32)cs1. The number of nitro groups is 1. The van der Waals surface area contributed by atoms with Crippen molar-refractivity contribution in [2.45, 2.75) is 19.5 Å². The number of benzene rings is 1. The van der Waals surface area contributed by atoms with Crippen molar-refractivity contribution in [1.82, 2.24) is 9.88 Å². The molecule has 0 aliphatic carbocycles. The van der Waals surface area contributed by atoms with Crippen molar-refractivity contribution in [3.63, 3.8) is 0 Å². The topological polar surface area (TPSA) is 60.1 Å². The maximum Gasteiger partial charge on any atom is 0.324 e. The monoisotopic (exact) mass is 315 g/mol. The van der Waals surface area contributed by atoms with Crippen molar-refractivity contribution < 1.29 is 4.92 Å². The Hall–Kier alpha value is -2.18. The highest BCUT2D eigenvalue weighted by atomic mass is 32.1. The third-order valence-corrected chi connectivity index (χ3v) is 4.51. The summed E-state index contributed by atoms with van der Waals surface area (Å²) in [5, 5.41) is 17.3. The summed E-state index contributed by atoms with van der Waals surface area (Å²) in [5.74, 6) is 0. The molecule has 0 spiro atoms. The number of para-hydroxylation sites is 1. The lowest BCUT2D eigenvalue weighted by Gasteiger charge is -2.06. The highest BCUT2D eigenvalue weighted by Gasteiger charge is 2.08. The molecule has 2 heterocycles. The van der Waals surface area contributed by atoms with Crippen LogP contribution in [0.25, 0.3) is 10.9 Å². The van der Waals surface area contributed by atoms with Gasteiger partial charge in [0.25, 0.3) is 0 Å². The first-order valence-electron chi connectivity index (χ1n) is 7.20. The number of aryl methyl sites for hydroxylation is 1. The molecule has 0 radical (unpaired) electrons. The predicted molar refractivity (Wildman–Crippen MR) is 89.2 cm³/mol. The first-order chi connectivity index (χ1) is 10.7. The summed E-state index contributed by atoms with van der Waals surface area (Å²) in [6.45, 7) is 2.53. The van der Waals surface area contributed by atoms with Crippen LogP contribution in [0.4, 0.5) is 5.00 Å². The van der Waals surface area contributed by atoms with Gasteiger partial charge in [-0.05, 0) is 36.0 Å². The van der Waals surface area contributed by atoms with Gasteiger partial charge in [-0.2, -0.15) is 0 Å². The van der Waals surface area contributed by atoms with E-state index in [1.54, 1.807) is 6.07 Å². The van der Waals surface area contributed by atoms with Crippen molar-refractivity contribution in [2.24, 2.45) is 0 Å². The maximum atomic E-state index is 10.6. The van der Waals surface area contributed by atoms with E-state index in [-0.39, 0.29) is 9.92 Å². The second-order valence-corrected chi connectivity index (χ2v) is 6.04. The van der Waals surface area contributed by atoms with E-state index >= 15 is 0 Å². The summed E-state index contributed by atoms with van der Waals surface area (Å²) in [6.07, 6.45) is 3.14. The predicted octanol–water partition coefficient (Wildman–Crippen LogP) is 3.79. The standard InChI is InChI=1S/C16H17N3O2S/c20-19(21)16-10-13(12-22-16)11-17-7-3-8-18-9-6-14-4-1-2-5-15(14)18/h1-2,4-6,9-10,12,17H,3,7-8,11H2. The van der Waals surface area contributed by atoms with E-state index in [4.69, 9.17) is 0 Å². The minimum absolute atomic E-state index is 0.204. The molecule has 3 aromatic rings. The average molecular weight is 315 g/mol. The highest BCUT2D eigenvalue weighted by Crippen LogP contribution is 2.22. The van der Waals surface area contributed by atoms with Crippen LogP contribution < -0.4 is 5.32 Å². The molecular formula is C16H17N3O2S. The number of aromatic nitrogens is 1. The first kappa shape index (κ1) is 14.7. The summed E-state index contributed by atoms with van der Waals surface area (Å²) in [4.78, 5) is 10.3. The summed E-state index contributed by atoms with van der Waals surface area (Å²) in [7, 11) is 0. The van der Waals surface area contributed by atoms with E-state index in [1.165, 1.54) is 22.2 Å². The van der Waals surface area contributed by atoms with Crippen molar-refractivity contribution in [3.8, 4) is 0 Å². The largest absolute Gasteiger partial charge is 0.347 e. The van der Waals surface area contributed by atoms with Crippen LogP contribution in [0.15, 0.2) is 48.0 Å². The van der Waals surface area contributed by atoms with Gasteiger partial charge in [0.05, 0.1) is 4.92 Å². The van der Waals surface area contributed by atoms with Gasteiger partial charge >= 0.3 is 5.00 Å². The van der Waals surface area contributed by atoms with Crippen molar-refractivity contribution in [1.29, 1.82) is 0 Å². The van der Waals surface area contributed by atoms with E-state index in [0.717, 1.165) is 25.1 Å². The van der Waals surface area contributed by atoms with Crippen LogP contribution in [-0.2, 0) is 13.1 Å². The fraction of sp³-hybridized carbons (Fsp3) is 0.250. The molecule has 0 aliphatic heterocycles. The van der Waals surface area contributed by atoms with Gasteiger partial charge in [0.2, 0.25) is 0 Å². The normalized spacial score (nSPS) is 11.1. The lowest BCUT2D eigenvalue weighted by atomic mass is 10.2. The molecule has 0 aliphatic rings. The molecule has 1 N–H and O–H groups in total. The molecule has 2 aromatic heterocycles. The van der Waals surface area contributed by atoms with Gasteiger partial charge in [0, 0.05) is 36.2 Å². The van der Waals surface area contributed by atoms with Gasteiger partial charge in [0.1, 0.15) is 0 Å². The fourth-order valence-corrected chi connectivity index (χ4v) is 3.22. The number of rotatable bonds is 7. The zero-order valence-corrected chi connectivity index (χ0v) is 12.9. The Labute approximate surface area is 132 Å². The number of hydrogen-bond acceptors (Lipinski definition) is 4. The van der Waals surface area contributed by atoms with Crippen molar-refractivity contribution in [3.05, 3.63) is 63.7 Å². The second kappa shape index (κ2) is 6.72. The van der Waals surface area contributed by atoms with Crippen LogP contribution in [0.5, 0.6) is 0 Å². The van der Waals surface area contributed by atoms with Gasteiger partial charge in [-0.3, -0.25) is 10.1 Å². The number of nitrogens with zero attached hydrogens (tertiary/aromatic N) is 2. The molecule has 0 fully saturated rings. The maximum absolute atomic E-state index is 10.6. The molecule has 0 amide bonds. The van der Waals surface area contributed by atoms with Gasteiger partial charge in [-0.1, -0.05) is 29.5 Å². The summed E-state index contributed by atoms with van der Waals surface area (Å²) in [5.41, 5.74) is 2.24. The van der Waals surface area contributed by atoms with E-state index < -0.39 is 0 Å². The lowest BCUT2D eigenvalue weighted by Crippen LogP contribution is -2.16. The molecule has 5 nitrogen and oxygen atoms in total. The van der Waals surface area contributed by atoms with Crippen LogP contribution in [-0.4, -0.2) is 16.0 Å². The lowest BCUT2D eigenvalue weighted by molar-refractivity contribution is -0.380. The summed E-state index contributed by atoms with van der Waals surface area (Å²) in [6, 6.07) is 12.1. The zero-order chi connectivity index (χ0) is 15.4. The van der Waals surface area contributed by atoms with Crippen LogP contribution >= 0.6 is 11.3 Å². The highest BCUT2D eigenvalue weighted by molar-refractivity contribution is 7.13. The molecule has 114 valence electrons. The number of nitrogens with one attached hydrogen (secondary N) is 1. The fourth-order valence-electron chi connectivity index (χ4n) is 2.49. The van der Waals surface area contributed by atoms with Gasteiger partial charge < -0.3 is 9.88 Å². The summed E-state index contributed by atoms with van der Waals surface area (Å²) < 4.78 is 2.26. The number of fused-ring (bicyclic) bond motifs is 1. The molecule has 22 heavy (non-hydrogen) atoms. The molecule has 6 heteroatoms. The zero-order valence-electron chi connectivity index (χ0n) is 12.1. The Morgan fingerprint density at radius 2 is 2.14 bits per heavy atom. The molecule has 1 aromatic carbocycles. The van der Waals surface area contributed by atoms with Crippen molar-refractivity contribution >= 4 is 27.2 Å². The van der Waals surface area contributed by atoms with E-state index in [2.05, 4.69) is 40.3 Å².